The van der Waals surface area contributed by atoms with E-state index in [9.17, 15) is 20.2 Å². The molecule has 0 aliphatic carbocycles. The van der Waals surface area contributed by atoms with Crippen molar-refractivity contribution in [2.75, 3.05) is 0 Å². The van der Waals surface area contributed by atoms with Crippen molar-refractivity contribution in [3.8, 4) is 0 Å². The third-order valence-corrected chi connectivity index (χ3v) is 1.74. The lowest BCUT2D eigenvalue weighted by atomic mass is 10.1. The molecule has 0 aliphatic rings. The standard InChI is InChI=1S/C8H7N2O4/c1-2-6-7(9(11)12)4-3-5-8(6)10(13)14/h2-5H,1H3. The van der Waals surface area contributed by atoms with Crippen LogP contribution in [0.3, 0.4) is 0 Å². The molecule has 6 nitrogen and oxygen atoms in total. The summed E-state index contributed by atoms with van der Waals surface area (Å²) in [6.45, 7) is 1.52. The van der Waals surface area contributed by atoms with Crippen molar-refractivity contribution < 1.29 is 9.85 Å². The van der Waals surface area contributed by atoms with Crippen LogP contribution in [0.15, 0.2) is 18.2 Å². The average molecular weight is 195 g/mol. The molecule has 0 bridgehead atoms. The normalized spacial score (nSPS) is 9.79. The largest absolute Gasteiger partial charge is 0.279 e. The molecule has 14 heavy (non-hydrogen) atoms. The van der Waals surface area contributed by atoms with Crippen LogP contribution in [0.25, 0.3) is 0 Å². The summed E-state index contributed by atoms with van der Waals surface area (Å²) in [6, 6.07) is 3.77. The monoisotopic (exact) mass is 195 g/mol. The third-order valence-electron chi connectivity index (χ3n) is 1.74. The zero-order chi connectivity index (χ0) is 10.7. The zero-order valence-electron chi connectivity index (χ0n) is 7.34. The average Bonchev–Trinajstić information content (AvgIpc) is 2.16. The van der Waals surface area contributed by atoms with Crippen LogP contribution >= 0.6 is 0 Å². The molecule has 1 rings (SSSR count). The highest BCUT2D eigenvalue weighted by molar-refractivity contribution is 5.56. The highest BCUT2D eigenvalue weighted by atomic mass is 16.6. The van der Waals surface area contributed by atoms with E-state index in [-0.39, 0.29) is 16.9 Å². The first-order chi connectivity index (χ1) is 6.57. The first-order valence-corrected chi connectivity index (χ1v) is 3.79. The van der Waals surface area contributed by atoms with Crippen LogP contribution < -0.4 is 0 Å². The van der Waals surface area contributed by atoms with Gasteiger partial charge in [0.2, 0.25) is 0 Å². The summed E-state index contributed by atoms with van der Waals surface area (Å²) in [4.78, 5) is 19.8. The van der Waals surface area contributed by atoms with Crippen LogP contribution in [-0.2, 0) is 0 Å². The zero-order valence-corrected chi connectivity index (χ0v) is 7.34. The molecule has 0 saturated heterocycles. The maximum atomic E-state index is 10.5. The Morgan fingerprint density at radius 3 is 1.86 bits per heavy atom. The Kier molecular flexibility index (Phi) is 2.76. The predicted molar refractivity (Wildman–Crippen MR) is 48.8 cm³/mol. The summed E-state index contributed by atoms with van der Waals surface area (Å²) in [5.41, 5.74) is -0.453. The lowest BCUT2D eigenvalue weighted by molar-refractivity contribution is -0.395. The van der Waals surface area contributed by atoms with E-state index in [0.29, 0.717) is 0 Å². The second-order valence-corrected chi connectivity index (χ2v) is 2.51. The lowest BCUT2D eigenvalue weighted by Gasteiger charge is -1.99. The number of nitrogens with zero attached hydrogens (tertiary/aromatic N) is 2. The van der Waals surface area contributed by atoms with E-state index in [0.717, 1.165) is 0 Å². The van der Waals surface area contributed by atoms with Crippen molar-refractivity contribution in [2.24, 2.45) is 0 Å². The number of nitro benzene ring substituents is 2. The SMILES string of the molecule is C[CH]c1c([N+](=O)[O-])cccc1[N+](=O)[O-]. The minimum atomic E-state index is -0.637. The summed E-state index contributed by atoms with van der Waals surface area (Å²) < 4.78 is 0. The summed E-state index contributed by atoms with van der Waals surface area (Å²) in [7, 11) is 0. The van der Waals surface area contributed by atoms with Gasteiger partial charge in [-0.15, -0.1) is 0 Å². The Morgan fingerprint density at radius 1 is 1.14 bits per heavy atom. The molecule has 73 valence electrons. The van der Waals surface area contributed by atoms with Gasteiger partial charge in [0.05, 0.1) is 9.85 Å². The molecule has 0 N–H and O–H groups in total. The molecule has 0 saturated carbocycles. The first kappa shape index (κ1) is 10.1. The summed E-state index contributed by atoms with van der Waals surface area (Å²) in [5, 5.41) is 21.0. The van der Waals surface area contributed by atoms with E-state index in [1.165, 1.54) is 31.5 Å². The van der Waals surface area contributed by atoms with Gasteiger partial charge in [0.1, 0.15) is 5.56 Å². The number of nitro groups is 2. The van der Waals surface area contributed by atoms with Gasteiger partial charge in [-0.3, -0.25) is 20.2 Å². The topological polar surface area (TPSA) is 86.3 Å². The molecule has 0 aromatic heterocycles. The number of hydrogen-bond acceptors (Lipinski definition) is 4. The number of hydrogen-bond donors (Lipinski definition) is 0. The van der Waals surface area contributed by atoms with Crippen molar-refractivity contribution >= 4 is 11.4 Å². The van der Waals surface area contributed by atoms with Crippen molar-refractivity contribution in [3.05, 3.63) is 50.4 Å². The fourth-order valence-corrected chi connectivity index (χ4v) is 1.16. The van der Waals surface area contributed by atoms with Crippen molar-refractivity contribution in [1.82, 2.24) is 0 Å². The highest BCUT2D eigenvalue weighted by Gasteiger charge is 2.22. The summed E-state index contributed by atoms with van der Waals surface area (Å²) >= 11 is 0. The molecule has 1 aromatic rings. The number of rotatable bonds is 3. The second kappa shape index (κ2) is 3.82. The van der Waals surface area contributed by atoms with Gasteiger partial charge in [-0.05, 0) is 6.07 Å². The van der Waals surface area contributed by atoms with Crippen LogP contribution in [0, 0.1) is 26.6 Å². The van der Waals surface area contributed by atoms with Crippen molar-refractivity contribution in [1.29, 1.82) is 0 Å². The third kappa shape index (κ3) is 1.68. The van der Waals surface area contributed by atoms with Gasteiger partial charge in [-0.2, -0.15) is 0 Å². The summed E-state index contributed by atoms with van der Waals surface area (Å²) in [6.07, 6.45) is 1.36. The van der Waals surface area contributed by atoms with Crippen molar-refractivity contribution in [3.63, 3.8) is 0 Å². The number of benzene rings is 1. The molecule has 1 radical (unpaired) electrons. The minimum Gasteiger partial charge on any atom is -0.258 e. The van der Waals surface area contributed by atoms with E-state index in [2.05, 4.69) is 0 Å². The molecule has 1 aromatic carbocycles. The Balaban J connectivity index is 3.39. The molecule has 0 atom stereocenters. The maximum Gasteiger partial charge on any atom is 0.279 e. The molecule has 0 spiro atoms. The van der Waals surface area contributed by atoms with Crippen LogP contribution in [-0.4, -0.2) is 9.85 Å². The van der Waals surface area contributed by atoms with E-state index in [4.69, 9.17) is 0 Å². The predicted octanol–water partition coefficient (Wildman–Crippen LogP) is 2.08. The van der Waals surface area contributed by atoms with Gasteiger partial charge in [-0.1, -0.05) is 6.92 Å². The molecule has 6 heteroatoms. The van der Waals surface area contributed by atoms with Crippen molar-refractivity contribution in [2.45, 2.75) is 6.92 Å². The Bertz CT molecular complexity index is 357. The first-order valence-electron chi connectivity index (χ1n) is 3.79. The quantitative estimate of drug-likeness (QED) is 0.545. The molecular formula is C8H7N2O4. The Labute approximate surface area is 79.5 Å². The van der Waals surface area contributed by atoms with E-state index >= 15 is 0 Å². The van der Waals surface area contributed by atoms with E-state index in [1.807, 2.05) is 0 Å². The van der Waals surface area contributed by atoms with Gasteiger partial charge in [0.15, 0.2) is 0 Å². The van der Waals surface area contributed by atoms with Crippen LogP contribution in [0.2, 0.25) is 0 Å². The smallest absolute Gasteiger partial charge is 0.258 e. The lowest BCUT2D eigenvalue weighted by Crippen LogP contribution is -1.98. The minimum absolute atomic E-state index is 0.0440. The fourth-order valence-electron chi connectivity index (χ4n) is 1.16. The van der Waals surface area contributed by atoms with Gasteiger partial charge in [0, 0.05) is 18.6 Å². The van der Waals surface area contributed by atoms with Gasteiger partial charge in [0.25, 0.3) is 11.4 Å². The van der Waals surface area contributed by atoms with E-state index in [1.54, 1.807) is 0 Å². The summed E-state index contributed by atoms with van der Waals surface area (Å²) in [5.74, 6) is 0. The van der Waals surface area contributed by atoms with E-state index < -0.39 is 9.85 Å². The van der Waals surface area contributed by atoms with Gasteiger partial charge < -0.3 is 0 Å². The maximum absolute atomic E-state index is 10.5. The highest BCUT2D eigenvalue weighted by Crippen LogP contribution is 2.28. The fraction of sp³-hybridized carbons (Fsp3) is 0.125. The molecule has 0 unspecified atom stereocenters. The second-order valence-electron chi connectivity index (χ2n) is 2.51. The van der Waals surface area contributed by atoms with Crippen LogP contribution in [0.5, 0.6) is 0 Å². The molecular weight excluding hydrogens is 188 g/mol. The Hall–Kier alpha value is -1.98. The molecule has 0 fully saturated rings. The molecule has 0 amide bonds. The van der Waals surface area contributed by atoms with Gasteiger partial charge in [-0.25, -0.2) is 0 Å². The van der Waals surface area contributed by atoms with Crippen LogP contribution in [0.1, 0.15) is 12.5 Å². The molecule has 0 aliphatic heterocycles. The molecule has 0 heterocycles. The van der Waals surface area contributed by atoms with Crippen LogP contribution in [0.4, 0.5) is 11.4 Å². The van der Waals surface area contributed by atoms with Gasteiger partial charge >= 0.3 is 0 Å². The Morgan fingerprint density at radius 2 is 1.57 bits per heavy atom.